The number of carbonyl (C=O) groups is 2. The lowest BCUT2D eigenvalue weighted by atomic mass is 10.0. The SMILES string of the molecule is Cc1cccc(C(=O)NC2CCN(C(=O)c3ccccc3S)CC2)c1. The Bertz CT molecular complexity index is 783. The van der Waals surface area contributed by atoms with E-state index in [1.165, 1.54) is 0 Å². The average Bonchev–Trinajstić information content (AvgIpc) is 2.62. The number of hydrogen-bond donors (Lipinski definition) is 2. The molecule has 1 aliphatic rings. The summed E-state index contributed by atoms with van der Waals surface area (Å²) in [5.41, 5.74) is 2.38. The van der Waals surface area contributed by atoms with Gasteiger partial charge in [-0.2, -0.15) is 0 Å². The van der Waals surface area contributed by atoms with Gasteiger partial charge in [0.1, 0.15) is 0 Å². The van der Waals surface area contributed by atoms with Crippen LogP contribution in [0.15, 0.2) is 53.4 Å². The van der Waals surface area contributed by atoms with Crippen molar-refractivity contribution in [1.29, 1.82) is 0 Å². The molecule has 3 rings (SSSR count). The molecule has 1 fully saturated rings. The highest BCUT2D eigenvalue weighted by atomic mass is 32.1. The van der Waals surface area contributed by atoms with Crippen molar-refractivity contribution in [2.75, 3.05) is 13.1 Å². The zero-order chi connectivity index (χ0) is 17.8. The van der Waals surface area contributed by atoms with E-state index in [4.69, 9.17) is 0 Å². The normalized spacial score (nSPS) is 15.0. The quantitative estimate of drug-likeness (QED) is 0.831. The summed E-state index contributed by atoms with van der Waals surface area (Å²) >= 11 is 4.36. The molecule has 4 nitrogen and oxygen atoms in total. The van der Waals surface area contributed by atoms with Crippen LogP contribution in [0.25, 0.3) is 0 Å². The Hall–Kier alpha value is -2.27. The fourth-order valence-corrected chi connectivity index (χ4v) is 3.36. The molecule has 0 bridgehead atoms. The third kappa shape index (κ3) is 4.23. The van der Waals surface area contributed by atoms with Crippen LogP contribution in [0.5, 0.6) is 0 Å². The molecule has 0 saturated carbocycles. The highest BCUT2D eigenvalue weighted by Crippen LogP contribution is 2.19. The third-order valence-corrected chi connectivity index (χ3v) is 4.92. The largest absolute Gasteiger partial charge is 0.349 e. The van der Waals surface area contributed by atoms with Gasteiger partial charge in [-0.15, -0.1) is 12.6 Å². The number of piperidine rings is 1. The van der Waals surface area contributed by atoms with Crippen molar-refractivity contribution in [3.63, 3.8) is 0 Å². The summed E-state index contributed by atoms with van der Waals surface area (Å²) in [5.74, 6) is -0.0387. The summed E-state index contributed by atoms with van der Waals surface area (Å²) in [6, 6.07) is 15.0. The molecule has 0 spiro atoms. The number of nitrogens with zero attached hydrogens (tertiary/aromatic N) is 1. The van der Waals surface area contributed by atoms with E-state index in [0.717, 1.165) is 18.4 Å². The number of likely N-dealkylation sites (tertiary alicyclic amines) is 1. The van der Waals surface area contributed by atoms with Crippen LogP contribution in [0.4, 0.5) is 0 Å². The van der Waals surface area contributed by atoms with E-state index >= 15 is 0 Å². The Morgan fingerprint density at radius 2 is 1.80 bits per heavy atom. The van der Waals surface area contributed by atoms with Gasteiger partial charge in [0.05, 0.1) is 5.56 Å². The van der Waals surface area contributed by atoms with E-state index in [2.05, 4.69) is 17.9 Å². The lowest BCUT2D eigenvalue weighted by Crippen LogP contribution is -2.46. The van der Waals surface area contributed by atoms with Crippen molar-refractivity contribution in [1.82, 2.24) is 10.2 Å². The van der Waals surface area contributed by atoms with Crippen LogP contribution >= 0.6 is 12.6 Å². The molecule has 1 saturated heterocycles. The van der Waals surface area contributed by atoms with E-state index in [1.54, 1.807) is 6.07 Å². The lowest BCUT2D eigenvalue weighted by molar-refractivity contribution is 0.0695. The molecule has 2 aromatic carbocycles. The monoisotopic (exact) mass is 354 g/mol. The minimum atomic E-state index is -0.0471. The van der Waals surface area contributed by atoms with Gasteiger partial charge in [0.15, 0.2) is 0 Å². The minimum absolute atomic E-state index is 0.00839. The maximum Gasteiger partial charge on any atom is 0.254 e. The minimum Gasteiger partial charge on any atom is -0.349 e. The molecule has 0 unspecified atom stereocenters. The van der Waals surface area contributed by atoms with Gasteiger partial charge >= 0.3 is 0 Å². The molecule has 2 amide bonds. The summed E-state index contributed by atoms with van der Waals surface area (Å²) in [4.78, 5) is 27.5. The van der Waals surface area contributed by atoms with Gasteiger partial charge < -0.3 is 10.2 Å². The van der Waals surface area contributed by atoms with Crippen molar-refractivity contribution >= 4 is 24.4 Å². The van der Waals surface area contributed by atoms with Gasteiger partial charge in [0, 0.05) is 29.6 Å². The maximum absolute atomic E-state index is 12.6. The number of thiol groups is 1. The Morgan fingerprint density at radius 1 is 1.08 bits per heavy atom. The zero-order valence-corrected chi connectivity index (χ0v) is 15.1. The second-order valence-corrected chi connectivity index (χ2v) is 6.91. The summed E-state index contributed by atoms with van der Waals surface area (Å²) < 4.78 is 0. The van der Waals surface area contributed by atoms with Crippen molar-refractivity contribution in [3.8, 4) is 0 Å². The van der Waals surface area contributed by atoms with Crippen LogP contribution in [0.3, 0.4) is 0 Å². The smallest absolute Gasteiger partial charge is 0.254 e. The van der Waals surface area contributed by atoms with E-state index in [9.17, 15) is 9.59 Å². The molecule has 5 heteroatoms. The Morgan fingerprint density at radius 3 is 2.48 bits per heavy atom. The number of amides is 2. The van der Waals surface area contributed by atoms with Crippen LogP contribution < -0.4 is 5.32 Å². The molecule has 1 aliphatic heterocycles. The van der Waals surface area contributed by atoms with E-state index in [-0.39, 0.29) is 17.9 Å². The van der Waals surface area contributed by atoms with Gasteiger partial charge in [-0.3, -0.25) is 9.59 Å². The average molecular weight is 354 g/mol. The second kappa shape index (κ2) is 7.74. The predicted octanol–water partition coefficient (Wildman–Crippen LogP) is 3.32. The Kier molecular flexibility index (Phi) is 5.43. The van der Waals surface area contributed by atoms with Crippen molar-refractivity contribution in [2.24, 2.45) is 0 Å². The van der Waals surface area contributed by atoms with Crippen LogP contribution in [-0.2, 0) is 0 Å². The van der Waals surface area contributed by atoms with Crippen LogP contribution in [0.2, 0.25) is 0 Å². The Balaban J connectivity index is 1.56. The molecule has 0 aliphatic carbocycles. The molecule has 0 aromatic heterocycles. The van der Waals surface area contributed by atoms with Gasteiger partial charge in [0.2, 0.25) is 0 Å². The predicted molar refractivity (Wildman–Crippen MR) is 101 cm³/mol. The summed E-state index contributed by atoms with van der Waals surface area (Å²) in [7, 11) is 0. The van der Waals surface area contributed by atoms with Crippen LogP contribution in [-0.4, -0.2) is 35.8 Å². The van der Waals surface area contributed by atoms with Gasteiger partial charge in [-0.1, -0.05) is 29.8 Å². The maximum atomic E-state index is 12.6. The first-order valence-electron chi connectivity index (χ1n) is 8.49. The first-order valence-corrected chi connectivity index (χ1v) is 8.94. The molecular formula is C20H22N2O2S. The highest BCUT2D eigenvalue weighted by molar-refractivity contribution is 7.80. The molecular weight excluding hydrogens is 332 g/mol. The fourth-order valence-electron chi connectivity index (χ4n) is 3.11. The summed E-state index contributed by atoms with van der Waals surface area (Å²) in [6.45, 7) is 3.25. The number of rotatable bonds is 3. The molecule has 1 heterocycles. The first kappa shape index (κ1) is 17.5. The van der Waals surface area contributed by atoms with Crippen molar-refractivity contribution < 1.29 is 9.59 Å². The molecule has 0 radical (unpaired) electrons. The van der Waals surface area contributed by atoms with Crippen LogP contribution in [0, 0.1) is 6.92 Å². The number of aryl methyl sites for hydroxylation is 1. The molecule has 1 N–H and O–H groups in total. The second-order valence-electron chi connectivity index (χ2n) is 6.43. The summed E-state index contributed by atoms with van der Waals surface area (Å²) in [5, 5.41) is 3.08. The molecule has 130 valence electrons. The molecule has 0 atom stereocenters. The molecule has 2 aromatic rings. The van der Waals surface area contributed by atoms with E-state index < -0.39 is 0 Å². The first-order chi connectivity index (χ1) is 12.0. The molecule has 25 heavy (non-hydrogen) atoms. The third-order valence-electron chi connectivity index (χ3n) is 4.53. The van der Waals surface area contributed by atoms with Gasteiger partial charge in [-0.05, 0) is 44.0 Å². The topological polar surface area (TPSA) is 49.4 Å². The van der Waals surface area contributed by atoms with Crippen LogP contribution in [0.1, 0.15) is 39.1 Å². The van der Waals surface area contributed by atoms with E-state index in [0.29, 0.717) is 29.1 Å². The van der Waals surface area contributed by atoms with Gasteiger partial charge in [0.25, 0.3) is 11.8 Å². The lowest BCUT2D eigenvalue weighted by Gasteiger charge is -2.32. The number of carbonyl (C=O) groups excluding carboxylic acids is 2. The number of nitrogens with one attached hydrogen (secondary N) is 1. The summed E-state index contributed by atoms with van der Waals surface area (Å²) in [6.07, 6.45) is 1.52. The van der Waals surface area contributed by atoms with Crippen molar-refractivity contribution in [3.05, 3.63) is 65.2 Å². The highest BCUT2D eigenvalue weighted by Gasteiger charge is 2.25. The zero-order valence-electron chi connectivity index (χ0n) is 14.2. The number of hydrogen-bond acceptors (Lipinski definition) is 3. The fraction of sp³-hybridized carbons (Fsp3) is 0.300. The van der Waals surface area contributed by atoms with E-state index in [1.807, 2.05) is 54.3 Å². The number of benzene rings is 2. The standard InChI is InChI=1S/C20H22N2O2S/c1-14-5-4-6-15(13-14)19(23)21-16-9-11-22(12-10-16)20(24)17-7-2-3-8-18(17)25/h2-8,13,16,25H,9-12H2,1H3,(H,21,23). The Labute approximate surface area is 153 Å². The van der Waals surface area contributed by atoms with Crippen molar-refractivity contribution in [2.45, 2.75) is 30.7 Å². The van der Waals surface area contributed by atoms with Gasteiger partial charge in [-0.25, -0.2) is 0 Å².